The topological polar surface area (TPSA) is 74.8 Å². The summed E-state index contributed by atoms with van der Waals surface area (Å²) >= 11 is 0. The lowest BCUT2D eigenvalue weighted by molar-refractivity contribution is 0.341. The molecule has 0 aliphatic carbocycles. The van der Waals surface area contributed by atoms with Gasteiger partial charge in [-0.25, -0.2) is 4.98 Å². The van der Waals surface area contributed by atoms with Crippen molar-refractivity contribution in [2.45, 2.75) is 25.4 Å². The van der Waals surface area contributed by atoms with E-state index in [0.717, 1.165) is 55.7 Å². The van der Waals surface area contributed by atoms with Gasteiger partial charge in [0.05, 0.1) is 19.7 Å². The first-order valence-electron chi connectivity index (χ1n) is 12.1. The number of nitrogens with zero attached hydrogens (tertiary/aromatic N) is 4. The van der Waals surface area contributed by atoms with Crippen molar-refractivity contribution in [3.8, 4) is 11.5 Å². The number of nitrogens with one attached hydrogen (secondary N) is 2. The van der Waals surface area contributed by atoms with Gasteiger partial charge in [-0.2, -0.15) is 4.98 Å². The highest BCUT2D eigenvalue weighted by Crippen LogP contribution is 2.35. The van der Waals surface area contributed by atoms with Crippen LogP contribution < -0.4 is 20.1 Å². The van der Waals surface area contributed by atoms with Gasteiger partial charge in [0.15, 0.2) is 11.5 Å². The van der Waals surface area contributed by atoms with E-state index in [-0.39, 0.29) is 6.04 Å². The molecule has 0 saturated carbocycles. The summed E-state index contributed by atoms with van der Waals surface area (Å²) < 4.78 is 11.1. The lowest BCUT2D eigenvalue weighted by Crippen LogP contribution is -2.31. The van der Waals surface area contributed by atoms with Crippen molar-refractivity contribution < 1.29 is 9.47 Å². The molecule has 186 valence electrons. The Morgan fingerprint density at radius 2 is 1.83 bits per heavy atom. The third-order valence-corrected chi connectivity index (χ3v) is 6.07. The van der Waals surface area contributed by atoms with Crippen molar-refractivity contribution in [1.82, 2.24) is 19.8 Å². The van der Waals surface area contributed by atoms with Crippen LogP contribution in [0.1, 0.15) is 18.4 Å². The Balaban J connectivity index is 1.54. The molecule has 1 aliphatic heterocycles. The molecule has 0 saturated heterocycles. The number of hydrogen-bond acceptors (Lipinski definition) is 8. The van der Waals surface area contributed by atoms with Gasteiger partial charge in [-0.1, -0.05) is 30.3 Å². The molecule has 2 aromatic carbocycles. The molecule has 0 bridgehead atoms. The molecule has 1 atom stereocenters. The summed E-state index contributed by atoms with van der Waals surface area (Å²) in [5.41, 5.74) is 2.12. The third kappa shape index (κ3) is 6.54. The lowest BCUT2D eigenvalue weighted by atomic mass is 10.1. The smallest absolute Gasteiger partial charge is 0.225 e. The molecule has 2 N–H and O–H groups in total. The van der Waals surface area contributed by atoms with E-state index >= 15 is 0 Å². The normalized spacial score (nSPS) is 15.5. The van der Waals surface area contributed by atoms with Crippen molar-refractivity contribution in [2.24, 2.45) is 0 Å². The average Bonchev–Trinajstić information content (AvgIpc) is 2.87. The number of rotatable bonds is 11. The first-order chi connectivity index (χ1) is 17.1. The van der Waals surface area contributed by atoms with Crippen LogP contribution in [-0.4, -0.2) is 73.8 Å². The van der Waals surface area contributed by atoms with Crippen LogP contribution >= 0.6 is 0 Å². The Kier molecular flexibility index (Phi) is 8.26. The standard InChI is InChI=1S/C27H36N6O2/c1-32(2)14-8-13-28-27-30-23-18-25(35-4)24(34-3)17-22(23)26(31-27)29-21-11-15-33(16-12-21)19-20-9-6-5-7-10-20/h5-7,9-11,15,17-18,21H,8,12-14,16,19H2,1-4H3,(H2,28,29,30,31)/t21-/m0/s1. The number of benzene rings is 2. The molecule has 1 aromatic heterocycles. The van der Waals surface area contributed by atoms with Gasteiger partial charge in [-0.05, 0) is 57.4 Å². The monoisotopic (exact) mass is 476 g/mol. The zero-order valence-corrected chi connectivity index (χ0v) is 21.1. The van der Waals surface area contributed by atoms with Gasteiger partial charge in [0.25, 0.3) is 0 Å². The Bertz CT molecular complexity index is 1140. The van der Waals surface area contributed by atoms with Gasteiger partial charge in [-0.3, -0.25) is 0 Å². The lowest BCUT2D eigenvalue weighted by Gasteiger charge is -2.29. The van der Waals surface area contributed by atoms with E-state index < -0.39 is 0 Å². The van der Waals surface area contributed by atoms with E-state index in [4.69, 9.17) is 19.4 Å². The van der Waals surface area contributed by atoms with Crippen LogP contribution in [0.5, 0.6) is 11.5 Å². The first kappa shape index (κ1) is 24.6. The molecule has 35 heavy (non-hydrogen) atoms. The van der Waals surface area contributed by atoms with Crippen LogP contribution in [0.25, 0.3) is 10.9 Å². The molecular weight excluding hydrogens is 440 g/mol. The number of ether oxygens (including phenoxy) is 2. The van der Waals surface area contributed by atoms with Crippen molar-refractivity contribution in [2.75, 3.05) is 58.6 Å². The second-order valence-electron chi connectivity index (χ2n) is 9.04. The van der Waals surface area contributed by atoms with Crippen LogP contribution in [0.2, 0.25) is 0 Å². The fourth-order valence-electron chi connectivity index (χ4n) is 4.19. The van der Waals surface area contributed by atoms with E-state index in [0.29, 0.717) is 17.4 Å². The van der Waals surface area contributed by atoms with Crippen LogP contribution in [-0.2, 0) is 6.54 Å². The van der Waals surface area contributed by atoms with Crippen molar-refractivity contribution in [1.29, 1.82) is 0 Å². The number of methoxy groups -OCH3 is 2. The van der Waals surface area contributed by atoms with Crippen molar-refractivity contribution in [3.63, 3.8) is 0 Å². The number of fused-ring (bicyclic) bond motifs is 1. The minimum absolute atomic E-state index is 0.176. The van der Waals surface area contributed by atoms with E-state index in [1.165, 1.54) is 5.56 Å². The van der Waals surface area contributed by atoms with Gasteiger partial charge in [0.2, 0.25) is 5.95 Å². The zero-order chi connectivity index (χ0) is 24.6. The Labute approximate surface area is 208 Å². The zero-order valence-electron chi connectivity index (χ0n) is 21.1. The second-order valence-corrected chi connectivity index (χ2v) is 9.04. The molecule has 2 heterocycles. The SMILES string of the molecule is COc1cc2nc(NCCCN(C)C)nc(N[C@H]3C=CN(Cc4ccccc4)CC3)c2cc1OC. The molecule has 0 amide bonds. The summed E-state index contributed by atoms with van der Waals surface area (Å²) in [5.74, 6) is 2.71. The molecule has 1 aliphatic rings. The average molecular weight is 477 g/mol. The summed E-state index contributed by atoms with van der Waals surface area (Å²) in [6.45, 7) is 3.69. The van der Waals surface area contributed by atoms with Gasteiger partial charge in [0.1, 0.15) is 5.82 Å². The quantitative estimate of drug-likeness (QED) is 0.399. The molecule has 8 nitrogen and oxygen atoms in total. The largest absolute Gasteiger partial charge is 0.493 e. The number of hydrogen-bond donors (Lipinski definition) is 2. The van der Waals surface area contributed by atoms with Gasteiger partial charge < -0.3 is 29.9 Å². The maximum absolute atomic E-state index is 5.54. The summed E-state index contributed by atoms with van der Waals surface area (Å²) in [6.07, 6.45) is 6.38. The number of aromatic nitrogens is 2. The minimum atomic E-state index is 0.176. The maximum atomic E-state index is 5.54. The minimum Gasteiger partial charge on any atom is -0.493 e. The van der Waals surface area contributed by atoms with Crippen LogP contribution in [0.15, 0.2) is 54.7 Å². The Hall–Kier alpha value is -3.52. The van der Waals surface area contributed by atoms with Crippen molar-refractivity contribution in [3.05, 3.63) is 60.3 Å². The van der Waals surface area contributed by atoms with E-state index in [1.807, 2.05) is 12.1 Å². The summed E-state index contributed by atoms with van der Waals surface area (Å²) in [7, 11) is 7.43. The molecule has 8 heteroatoms. The molecule has 3 aromatic rings. The molecule has 0 spiro atoms. The highest BCUT2D eigenvalue weighted by atomic mass is 16.5. The summed E-state index contributed by atoms with van der Waals surface area (Å²) in [4.78, 5) is 14.1. The predicted molar refractivity (Wildman–Crippen MR) is 142 cm³/mol. The van der Waals surface area contributed by atoms with Crippen LogP contribution in [0.4, 0.5) is 11.8 Å². The van der Waals surface area contributed by atoms with E-state index in [9.17, 15) is 0 Å². The second kappa shape index (κ2) is 11.8. The highest BCUT2D eigenvalue weighted by Gasteiger charge is 2.18. The predicted octanol–water partition coefficient (Wildman–Crippen LogP) is 4.21. The van der Waals surface area contributed by atoms with Crippen LogP contribution in [0.3, 0.4) is 0 Å². The molecule has 0 radical (unpaired) electrons. The number of anilines is 2. The Morgan fingerprint density at radius 1 is 1.06 bits per heavy atom. The van der Waals surface area contributed by atoms with Crippen molar-refractivity contribution >= 4 is 22.7 Å². The fraction of sp³-hybridized carbons (Fsp3) is 0.407. The van der Waals surface area contributed by atoms with Gasteiger partial charge >= 0.3 is 0 Å². The molecule has 4 rings (SSSR count). The summed E-state index contributed by atoms with van der Waals surface area (Å²) in [6, 6.07) is 14.6. The highest BCUT2D eigenvalue weighted by molar-refractivity contribution is 5.93. The van der Waals surface area contributed by atoms with Gasteiger partial charge in [-0.15, -0.1) is 0 Å². The molecule has 0 unspecified atom stereocenters. The molecule has 0 fully saturated rings. The van der Waals surface area contributed by atoms with E-state index in [2.05, 4.69) is 77.1 Å². The van der Waals surface area contributed by atoms with E-state index in [1.54, 1.807) is 14.2 Å². The third-order valence-electron chi connectivity index (χ3n) is 6.07. The fourth-order valence-corrected chi connectivity index (χ4v) is 4.19. The van der Waals surface area contributed by atoms with Gasteiger partial charge in [0, 0.05) is 37.1 Å². The maximum Gasteiger partial charge on any atom is 0.225 e. The first-order valence-corrected chi connectivity index (χ1v) is 12.1. The van der Waals surface area contributed by atoms with Crippen LogP contribution in [0, 0.1) is 0 Å². The Morgan fingerprint density at radius 3 is 2.51 bits per heavy atom. The summed E-state index contributed by atoms with van der Waals surface area (Å²) in [5, 5.41) is 7.92. The molecular formula is C27H36N6O2.